The number of pyridine rings is 1. The molecule has 3 aromatic rings. The van der Waals surface area contributed by atoms with E-state index in [1.54, 1.807) is 17.7 Å². The second-order valence-corrected chi connectivity index (χ2v) is 10.2. The van der Waals surface area contributed by atoms with E-state index in [2.05, 4.69) is 44.3 Å². The van der Waals surface area contributed by atoms with Crippen molar-refractivity contribution in [1.82, 2.24) is 24.8 Å². The van der Waals surface area contributed by atoms with Crippen LogP contribution in [0.4, 0.5) is 11.6 Å². The minimum Gasteiger partial charge on any atom is -0.339 e. The summed E-state index contributed by atoms with van der Waals surface area (Å²) in [5.74, 6) is 1.92. The van der Waals surface area contributed by atoms with E-state index in [-0.39, 0.29) is 5.92 Å². The third-order valence-electron chi connectivity index (χ3n) is 6.86. The van der Waals surface area contributed by atoms with Gasteiger partial charge in [0.2, 0.25) is 5.91 Å². The number of likely N-dealkylation sites (N-methyl/N-ethyl adjacent to an activating group) is 1. The number of nitrogens with one attached hydrogen (secondary N) is 1. The zero-order valence-electron chi connectivity index (χ0n) is 18.2. The van der Waals surface area contributed by atoms with E-state index in [0.29, 0.717) is 18.5 Å². The van der Waals surface area contributed by atoms with Gasteiger partial charge in [0.1, 0.15) is 22.8 Å². The molecule has 3 aliphatic rings. The SMILES string of the molecule is CN(C)C1CN(C(=O)[C@H]2CCc3c(sc4ncnc(Nc5cc6c(cn5)CN=C6)c34)C2)C1. The Bertz CT molecular complexity index is 1240. The molecule has 1 aliphatic carbocycles. The zero-order chi connectivity index (χ0) is 21.8. The molecule has 0 bridgehead atoms. The molecule has 2 aliphatic heterocycles. The van der Waals surface area contributed by atoms with Crippen LogP contribution in [0.25, 0.3) is 10.2 Å². The summed E-state index contributed by atoms with van der Waals surface area (Å²) >= 11 is 1.70. The predicted molar refractivity (Wildman–Crippen MR) is 126 cm³/mol. The summed E-state index contributed by atoms with van der Waals surface area (Å²) in [6.07, 6.45) is 7.92. The third-order valence-corrected chi connectivity index (χ3v) is 8.02. The molecule has 0 radical (unpaired) electrons. The summed E-state index contributed by atoms with van der Waals surface area (Å²) in [6.45, 7) is 2.39. The molecule has 1 amide bonds. The zero-order valence-corrected chi connectivity index (χ0v) is 19.0. The van der Waals surface area contributed by atoms with Crippen molar-refractivity contribution in [2.24, 2.45) is 10.9 Å². The molecule has 3 aromatic heterocycles. The van der Waals surface area contributed by atoms with Crippen molar-refractivity contribution < 1.29 is 4.79 Å². The van der Waals surface area contributed by atoms with Crippen LogP contribution in [0.5, 0.6) is 0 Å². The lowest BCUT2D eigenvalue weighted by molar-refractivity contribution is -0.142. The highest BCUT2D eigenvalue weighted by atomic mass is 32.1. The standard InChI is InChI=1S/C23H25N7OS/c1-29(2)16-10-30(11-16)23(31)13-3-4-17-18(5-13)32-22-20(17)21(26-12-27-22)28-19-6-14-7-24-8-15(14)9-25-19/h6-7,9,12-13,16H,3-5,8,10-11H2,1-2H3,(H,25,26,27,28)/t13-/m0/s1. The van der Waals surface area contributed by atoms with Crippen molar-refractivity contribution in [3.63, 3.8) is 0 Å². The minimum absolute atomic E-state index is 0.0701. The molecule has 5 heterocycles. The average molecular weight is 448 g/mol. The van der Waals surface area contributed by atoms with Gasteiger partial charge in [-0.3, -0.25) is 9.79 Å². The molecular formula is C23H25N7OS. The lowest BCUT2D eigenvalue weighted by Gasteiger charge is -2.44. The number of thiophene rings is 1. The number of anilines is 2. The molecule has 1 N–H and O–H groups in total. The fraction of sp³-hybridized carbons (Fsp3) is 0.435. The Morgan fingerprint density at radius 1 is 1.25 bits per heavy atom. The molecule has 1 saturated heterocycles. The molecule has 9 heteroatoms. The first kappa shape index (κ1) is 19.8. The molecular weight excluding hydrogens is 422 g/mol. The van der Waals surface area contributed by atoms with E-state index in [9.17, 15) is 4.79 Å². The second kappa shape index (κ2) is 7.60. The Morgan fingerprint density at radius 2 is 2.12 bits per heavy atom. The minimum atomic E-state index is 0.0701. The third kappa shape index (κ3) is 3.27. The molecule has 0 saturated carbocycles. The number of amides is 1. The number of hydrogen-bond donors (Lipinski definition) is 1. The van der Waals surface area contributed by atoms with Crippen molar-refractivity contribution in [2.75, 3.05) is 32.5 Å². The molecule has 0 aromatic carbocycles. The highest BCUT2D eigenvalue weighted by molar-refractivity contribution is 7.19. The number of likely N-dealkylation sites (tertiary alicyclic amines) is 1. The fourth-order valence-electron chi connectivity index (χ4n) is 4.82. The van der Waals surface area contributed by atoms with Crippen molar-refractivity contribution in [2.45, 2.75) is 31.8 Å². The largest absolute Gasteiger partial charge is 0.339 e. The van der Waals surface area contributed by atoms with Crippen LogP contribution in [0.15, 0.2) is 23.6 Å². The molecule has 6 rings (SSSR count). The normalized spacial score (nSPS) is 19.8. The maximum Gasteiger partial charge on any atom is 0.226 e. The van der Waals surface area contributed by atoms with Crippen LogP contribution in [0, 0.1) is 5.92 Å². The highest BCUT2D eigenvalue weighted by Gasteiger charge is 2.37. The molecule has 8 nitrogen and oxygen atoms in total. The van der Waals surface area contributed by atoms with Crippen LogP contribution in [0.1, 0.15) is 28.0 Å². The maximum absolute atomic E-state index is 13.0. The number of nitrogens with zero attached hydrogens (tertiary/aromatic N) is 6. The quantitative estimate of drug-likeness (QED) is 0.662. The van der Waals surface area contributed by atoms with Crippen molar-refractivity contribution >= 4 is 45.3 Å². The number of aryl methyl sites for hydroxylation is 1. The molecule has 1 atom stereocenters. The fourth-order valence-corrected chi connectivity index (χ4v) is 6.09. The first-order valence-corrected chi connectivity index (χ1v) is 11.8. The Labute approximate surface area is 190 Å². The first-order chi connectivity index (χ1) is 15.6. The number of carbonyl (C=O) groups is 1. The summed E-state index contributed by atoms with van der Waals surface area (Å²) in [5, 5.41) is 4.48. The number of aromatic nitrogens is 3. The lowest BCUT2D eigenvalue weighted by atomic mass is 9.86. The molecule has 32 heavy (non-hydrogen) atoms. The topological polar surface area (TPSA) is 86.6 Å². The highest BCUT2D eigenvalue weighted by Crippen LogP contribution is 2.41. The van der Waals surface area contributed by atoms with E-state index >= 15 is 0 Å². The Morgan fingerprint density at radius 3 is 2.97 bits per heavy atom. The molecule has 1 fully saturated rings. The Kier molecular flexibility index (Phi) is 4.69. The van der Waals surface area contributed by atoms with Gasteiger partial charge in [-0.25, -0.2) is 15.0 Å². The van der Waals surface area contributed by atoms with Gasteiger partial charge in [-0.15, -0.1) is 11.3 Å². The second-order valence-electron chi connectivity index (χ2n) is 9.07. The lowest BCUT2D eigenvalue weighted by Crippen LogP contribution is -2.60. The van der Waals surface area contributed by atoms with Crippen LogP contribution < -0.4 is 5.32 Å². The molecule has 0 spiro atoms. The first-order valence-electron chi connectivity index (χ1n) is 11.0. The van der Waals surface area contributed by atoms with Gasteiger partial charge in [-0.05, 0) is 45.0 Å². The van der Waals surface area contributed by atoms with Gasteiger partial charge in [0, 0.05) is 53.5 Å². The van der Waals surface area contributed by atoms with Gasteiger partial charge >= 0.3 is 0 Å². The van der Waals surface area contributed by atoms with E-state index < -0.39 is 0 Å². The van der Waals surface area contributed by atoms with Gasteiger partial charge in [0.05, 0.1) is 11.9 Å². The van der Waals surface area contributed by atoms with E-state index in [0.717, 1.165) is 65.3 Å². The molecule has 0 unspecified atom stereocenters. The van der Waals surface area contributed by atoms with Gasteiger partial charge in [-0.1, -0.05) is 0 Å². The summed E-state index contributed by atoms with van der Waals surface area (Å²) in [6, 6.07) is 2.51. The summed E-state index contributed by atoms with van der Waals surface area (Å²) in [5.41, 5.74) is 3.53. The van der Waals surface area contributed by atoms with Crippen molar-refractivity contribution in [3.8, 4) is 0 Å². The van der Waals surface area contributed by atoms with E-state index in [1.165, 1.54) is 10.4 Å². The Hall–Kier alpha value is -2.91. The number of carbonyl (C=O) groups excluding carboxylic acids is 1. The van der Waals surface area contributed by atoms with Gasteiger partial charge in [-0.2, -0.15) is 0 Å². The predicted octanol–water partition coefficient (Wildman–Crippen LogP) is 2.64. The van der Waals surface area contributed by atoms with Gasteiger partial charge in [0.15, 0.2) is 0 Å². The summed E-state index contributed by atoms with van der Waals surface area (Å²) in [4.78, 5) is 37.4. The van der Waals surface area contributed by atoms with Crippen LogP contribution in [-0.2, 0) is 24.2 Å². The number of fused-ring (bicyclic) bond motifs is 4. The monoisotopic (exact) mass is 447 g/mol. The number of hydrogen-bond acceptors (Lipinski definition) is 8. The maximum atomic E-state index is 13.0. The average Bonchev–Trinajstić information content (AvgIpc) is 3.36. The summed E-state index contributed by atoms with van der Waals surface area (Å²) in [7, 11) is 4.16. The van der Waals surface area contributed by atoms with E-state index in [4.69, 9.17) is 0 Å². The molecule has 164 valence electrons. The van der Waals surface area contributed by atoms with Gasteiger partial charge < -0.3 is 15.1 Å². The van der Waals surface area contributed by atoms with Crippen LogP contribution in [0.2, 0.25) is 0 Å². The number of aliphatic imine (C=N–C) groups is 1. The van der Waals surface area contributed by atoms with E-state index in [1.807, 2.05) is 23.4 Å². The van der Waals surface area contributed by atoms with Crippen LogP contribution in [-0.4, -0.2) is 70.1 Å². The van der Waals surface area contributed by atoms with Gasteiger partial charge in [0.25, 0.3) is 0 Å². The van der Waals surface area contributed by atoms with Crippen molar-refractivity contribution in [3.05, 3.63) is 40.2 Å². The van der Waals surface area contributed by atoms with Crippen LogP contribution in [0.3, 0.4) is 0 Å². The van der Waals surface area contributed by atoms with Crippen molar-refractivity contribution in [1.29, 1.82) is 0 Å². The smallest absolute Gasteiger partial charge is 0.226 e. The van der Waals surface area contributed by atoms with Crippen LogP contribution >= 0.6 is 11.3 Å². The number of rotatable bonds is 4. The Balaban J connectivity index is 1.24. The summed E-state index contributed by atoms with van der Waals surface area (Å²) < 4.78 is 0.